The van der Waals surface area contributed by atoms with Crippen LogP contribution in [0.5, 0.6) is 0 Å². The predicted octanol–water partition coefficient (Wildman–Crippen LogP) is 0.535. The molecule has 1 unspecified atom stereocenters. The Morgan fingerprint density at radius 3 is 2.54 bits per heavy atom. The number of morpholine rings is 1. The number of hydrogen-bond acceptors (Lipinski definition) is 5. The van der Waals surface area contributed by atoms with Gasteiger partial charge in [-0.3, -0.25) is 9.69 Å². The van der Waals surface area contributed by atoms with Crippen molar-refractivity contribution >= 4 is 15.7 Å². The number of carbonyl (C=O) groups is 1. The van der Waals surface area contributed by atoms with Crippen LogP contribution in [0.2, 0.25) is 0 Å². The van der Waals surface area contributed by atoms with Gasteiger partial charge in [-0.05, 0) is 5.56 Å². The van der Waals surface area contributed by atoms with Crippen LogP contribution in [0.4, 0.5) is 0 Å². The van der Waals surface area contributed by atoms with E-state index >= 15 is 0 Å². The van der Waals surface area contributed by atoms with Gasteiger partial charge in [-0.1, -0.05) is 30.3 Å². The minimum Gasteiger partial charge on any atom is -0.375 e. The van der Waals surface area contributed by atoms with E-state index in [1.165, 1.54) is 5.56 Å². The summed E-state index contributed by atoms with van der Waals surface area (Å²) in [5.41, 5.74) is 1.26. The predicted molar refractivity (Wildman–Crippen MR) is 91.3 cm³/mol. The lowest BCUT2D eigenvalue weighted by atomic mass is 10.1. The van der Waals surface area contributed by atoms with Gasteiger partial charge in [0.1, 0.15) is 0 Å². The summed E-state index contributed by atoms with van der Waals surface area (Å²) in [6, 6.07) is 10.3. The lowest BCUT2D eigenvalue weighted by Crippen LogP contribution is -2.47. The maximum absolute atomic E-state index is 12.4. The third-order valence-corrected chi connectivity index (χ3v) is 6.18. The highest BCUT2D eigenvalue weighted by Gasteiger charge is 2.28. The number of sulfone groups is 1. The first kappa shape index (κ1) is 17.4. The number of nitrogens with zero attached hydrogens (tertiary/aromatic N) is 2. The first-order valence-electron chi connectivity index (χ1n) is 8.38. The van der Waals surface area contributed by atoms with Crippen LogP contribution in [-0.4, -0.2) is 74.5 Å². The van der Waals surface area contributed by atoms with E-state index in [1.807, 2.05) is 18.2 Å². The Labute approximate surface area is 143 Å². The molecule has 0 aromatic heterocycles. The van der Waals surface area contributed by atoms with Gasteiger partial charge in [-0.15, -0.1) is 0 Å². The second-order valence-electron chi connectivity index (χ2n) is 6.45. The van der Waals surface area contributed by atoms with Crippen molar-refractivity contribution in [1.29, 1.82) is 0 Å². The maximum Gasteiger partial charge on any atom is 0.225 e. The summed E-state index contributed by atoms with van der Waals surface area (Å²) in [6.45, 7) is 3.69. The maximum atomic E-state index is 12.4. The lowest BCUT2D eigenvalue weighted by molar-refractivity contribution is -0.136. The molecular formula is C17H24N2O4S. The van der Waals surface area contributed by atoms with Crippen LogP contribution >= 0.6 is 0 Å². The summed E-state index contributed by atoms with van der Waals surface area (Å²) in [5, 5.41) is 0. The van der Waals surface area contributed by atoms with Crippen molar-refractivity contribution in [3.8, 4) is 0 Å². The molecule has 6 nitrogen and oxygen atoms in total. The SMILES string of the molecule is O=C(CC1CN(Cc2ccccc2)CCO1)N1CCS(=O)(=O)CC1. The first-order valence-corrected chi connectivity index (χ1v) is 10.2. The number of benzene rings is 1. The summed E-state index contributed by atoms with van der Waals surface area (Å²) in [4.78, 5) is 16.3. The fourth-order valence-electron chi connectivity index (χ4n) is 3.17. The quantitative estimate of drug-likeness (QED) is 0.791. The minimum absolute atomic E-state index is 0.00328. The largest absolute Gasteiger partial charge is 0.375 e. The van der Waals surface area contributed by atoms with Crippen molar-refractivity contribution in [2.45, 2.75) is 19.1 Å². The molecule has 0 N–H and O–H groups in total. The van der Waals surface area contributed by atoms with Crippen LogP contribution in [0.1, 0.15) is 12.0 Å². The Morgan fingerprint density at radius 1 is 1.12 bits per heavy atom. The number of hydrogen-bond donors (Lipinski definition) is 0. The first-order chi connectivity index (χ1) is 11.5. The molecule has 0 saturated carbocycles. The molecule has 1 amide bonds. The number of rotatable bonds is 4. The van der Waals surface area contributed by atoms with E-state index in [2.05, 4.69) is 17.0 Å². The van der Waals surface area contributed by atoms with Crippen molar-refractivity contribution in [3.05, 3.63) is 35.9 Å². The molecule has 2 aliphatic rings. The van der Waals surface area contributed by atoms with Crippen LogP contribution in [-0.2, 0) is 25.9 Å². The second-order valence-corrected chi connectivity index (χ2v) is 8.75. The molecule has 24 heavy (non-hydrogen) atoms. The fraction of sp³-hybridized carbons (Fsp3) is 0.588. The zero-order chi connectivity index (χ0) is 17.0. The summed E-state index contributed by atoms with van der Waals surface area (Å²) >= 11 is 0. The normalized spacial score (nSPS) is 24.7. The molecule has 0 aliphatic carbocycles. The summed E-state index contributed by atoms with van der Waals surface area (Å²) < 4.78 is 28.7. The van der Waals surface area contributed by atoms with Gasteiger partial charge in [0, 0.05) is 32.7 Å². The van der Waals surface area contributed by atoms with Crippen molar-refractivity contribution in [1.82, 2.24) is 9.80 Å². The molecule has 0 spiro atoms. The van der Waals surface area contributed by atoms with Gasteiger partial charge >= 0.3 is 0 Å². The number of amides is 1. The van der Waals surface area contributed by atoms with E-state index < -0.39 is 9.84 Å². The van der Waals surface area contributed by atoms with Crippen molar-refractivity contribution in [3.63, 3.8) is 0 Å². The average molecular weight is 352 g/mol. The van der Waals surface area contributed by atoms with Gasteiger partial charge < -0.3 is 9.64 Å². The van der Waals surface area contributed by atoms with Crippen LogP contribution in [0.15, 0.2) is 30.3 Å². The Balaban J connectivity index is 1.49. The number of ether oxygens (including phenoxy) is 1. The van der Waals surface area contributed by atoms with Gasteiger partial charge in [0.25, 0.3) is 0 Å². The van der Waals surface area contributed by atoms with E-state index in [1.54, 1.807) is 4.90 Å². The van der Waals surface area contributed by atoms with E-state index in [0.29, 0.717) is 26.1 Å². The monoisotopic (exact) mass is 352 g/mol. The average Bonchev–Trinajstić information content (AvgIpc) is 2.56. The Hall–Kier alpha value is -1.44. The smallest absolute Gasteiger partial charge is 0.225 e. The second kappa shape index (κ2) is 7.63. The molecule has 132 valence electrons. The van der Waals surface area contributed by atoms with Gasteiger partial charge in [-0.25, -0.2) is 8.42 Å². The van der Waals surface area contributed by atoms with Crippen molar-refractivity contribution in [2.75, 3.05) is 44.3 Å². The number of carbonyl (C=O) groups excluding carboxylic acids is 1. The Kier molecular flexibility index (Phi) is 5.53. The van der Waals surface area contributed by atoms with E-state index in [4.69, 9.17) is 4.74 Å². The molecule has 7 heteroatoms. The van der Waals surface area contributed by atoms with Gasteiger partial charge in [0.2, 0.25) is 5.91 Å². The molecule has 3 rings (SSSR count). The van der Waals surface area contributed by atoms with Gasteiger partial charge in [0.05, 0.1) is 30.6 Å². The summed E-state index contributed by atoms with van der Waals surface area (Å²) in [7, 11) is -2.96. The standard InChI is InChI=1S/C17H24N2O4S/c20-17(19-7-10-24(21,22)11-8-19)12-16-14-18(6-9-23-16)13-15-4-2-1-3-5-15/h1-5,16H,6-14H2. The highest BCUT2D eigenvalue weighted by atomic mass is 32.2. The van der Waals surface area contributed by atoms with E-state index in [0.717, 1.165) is 19.6 Å². The van der Waals surface area contributed by atoms with Crippen LogP contribution < -0.4 is 0 Å². The van der Waals surface area contributed by atoms with E-state index in [9.17, 15) is 13.2 Å². The summed E-state index contributed by atoms with van der Waals surface area (Å²) in [6.07, 6.45) is 0.208. The van der Waals surface area contributed by atoms with E-state index in [-0.39, 0.29) is 23.5 Å². The highest BCUT2D eigenvalue weighted by molar-refractivity contribution is 7.91. The Bertz CT molecular complexity index is 648. The van der Waals surface area contributed by atoms with Gasteiger partial charge in [-0.2, -0.15) is 0 Å². The fourth-order valence-corrected chi connectivity index (χ4v) is 4.38. The van der Waals surface area contributed by atoms with Crippen LogP contribution in [0.25, 0.3) is 0 Å². The molecule has 2 saturated heterocycles. The molecule has 1 atom stereocenters. The zero-order valence-corrected chi connectivity index (χ0v) is 14.6. The topological polar surface area (TPSA) is 66.9 Å². The molecule has 0 radical (unpaired) electrons. The molecular weight excluding hydrogens is 328 g/mol. The van der Waals surface area contributed by atoms with Crippen LogP contribution in [0, 0.1) is 0 Å². The van der Waals surface area contributed by atoms with Crippen LogP contribution in [0.3, 0.4) is 0 Å². The molecule has 1 aromatic carbocycles. The van der Waals surface area contributed by atoms with Gasteiger partial charge in [0.15, 0.2) is 9.84 Å². The zero-order valence-electron chi connectivity index (χ0n) is 13.8. The third kappa shape index (κ3) is 4.78. The van der Waals surface area contributed by atoms with Crippen molar-refractivity contribution < 1.29 is 17.9 Å². The molecule has 2 aliphatic heterocycles. The molecule has 2 fully saturated rings. The summed E-state index contributed by atoms with van der Waals surface area (Å²) in [5.74, 6) is 0.144. The lowest BCUT2D eigenvalue weighted by Gasteiger charge is -2.34. The molecule has 0 bridgehead atoms. The van der Waals surface area contributed by atoms with Crippen molar-refractivity contribution in [2.24, 2.45) is 0 Å². The minimum atomic E-state index is -2.96. The third-order valence-electron chi connectivity index (χ3n) is 4.57. The highest BCUT2D eigenvalue weighted by Crippen LogP contribution is 2.15. The molecule has 1 aromatic rings. The Morgan fingerprint density at radius 2 is 1.83 bits per heavy atom. The molecule has 2 heterocycles.